The zero-order valence-electron chi connectivity index (χ0n) is 22.7. The smallest absolute Gasteiger partial charge is 0.311 e. The van der Waals surface area contributed by atoms with E-state index >= 15 is 0 Å². The van der Waals surface area contributed by atoms with Gasteiger partial charge in [-0.05, 0) is 39.7 Å². The number of carbonyl (C=O) groups is 3. The largest absolute Gasteiger partial charge is 0.481 e. The van der Waals surface area contributed by atoms with Crippen molar-refractivity contribution in [3.63, 3.8) is 0 Å². The minimum Gasteiger partial charge on any atom is -0.481 e. The summed E-state index contributed by atoms with van der Waals surface area (Å²) in [7, 11) is 0. The number of nitrogens with zero attached hydrogens (tertiary/aromatic N) is 1. The molecule has 0 spiro atoms. The molecule has 0 heterocycles. The maximum absolute atomic E-state index is 11.6. The summed E-state index contributed by atoms with van der Waals surface area (Å²) in [5.41, 5.74) is 0. The topological polar surface area (TPSA) is 112 Å². The molecule has 204 valence electrons. The number of allylic oxidation sites excluding steroid dienone is 1. The lowest BCUT2D eigenvalue weighted by molar-refractivity contribution is -0.886. The Hall–Kier alpha value is -1.89. The van der Waals surface area contributed by atoms with Crippen LogP contribution >= 0.6 is 0 Å². The number of hydrogen-bond donors (Lipinski definition) is 3. The van der Waals surface area contributed by atoms with Gasteiger partial charge < -0.3 is 15.3 Å². The summed E-state index contributed by atoms with van der Waals surface area (Å²) in [6, 6.07) is 0. The third-order valence-electron chi connectivity index (χ3n) is 6.82. The summed E-state index contributed by atoms with van der Waals surface area (Å²) in [5, 5.41) is 28.4. The molecule has 3 N–H and O–H groups in total. The number of hydrogen-bond acceptors (Lipinski definition) is 3. The monoisotopic (exact) mass is 498 g/mol. The molecule has 0 rings (SSSR count). The lowest BCUT2D eigenvalue weighted by Gasteiger charge is -2.38. The van der Waals surface area contributed by atoms with Gasteiger partial charge in [0.1, 0.15) is 17.8 Å². The lowest BCUT2D eigenvalue weighted by atomic mass is 10.0. The number of carboxylic acids is 3. The van der Waals surface area contributed by atoms with Crippen molar-refractivity contribution in [2.45, 2.75) is 111 Å². The van der Waals surface area contributed by atoms with Crippen molar-refractivity contribution in [2.75, 3.05) is 19.6 Å². The van der Waals surface area contributed by atoms with Crippen LogP contribution in [0, 0.1) is 17.8 Å². The van der Waals surface area contributed by atoms with Gasteiger partial charge in [0.15, 0.2) is 0 Å². The number of unbranched alkanes of at least 4 members (excludes halogenated alkanes) is 12. The first-order chi connectivity index (χ1) is 16.5. The highest BCUT2D eigenvalue weighted by Gasteiger charge is 2.37. The van der Waals surface area contributed by atoms with Crippen LogP contribution in [0.15, 0.2) is 12.3 Å². The molecule has 0 amide bonds. The van der Waals surface area contributed by atoms with Crippen molar-refractivity contribution in [3.8, 4) is 0 Å². The molecule has 0 saturated heterocycles. The van der Waals surface area contributed by atoms with E-state index < -0.39 is 35.7 Å². The lowest BCUT2D eigenvalue weighted by Crippen LogP contribution is -2.53. The molecule has 7 heteroatoms. The van der Waals surface area contributed by atoms with Crippen molar-refractivity contribution < 1.29 is 34.2 Å². The highest BCUT2D eigenvalue weighted by molar-refractivity contribution is 5.70. The summed E-state index contributed by atoms with van der Waals surface area (Å²) in [4.78, 5) is 34.7. The molecule has 0 aromatic heterocycles. The van der Waals surface area contributed by atoms with Crippen LogP contribution in [0.1, 0.15) is 111 Å². The van der Waals surface area contributed by atoms with Crippen LogP contribution in [0.5, 0.6) is 0 Å². The first-order valence-corrected chi connectivity index (χ1v) is 13.8. The second-order valence-electron chi connectivity index (χ2n) is 10.5. The third-order valence-corrected chi connectivity index (χ3v) is 6.82. The third kappa shape index (κ3) is 16.4. The maximum atomic E-state index is 11.6. The first-order valence-electron chi connectivity index (χ1n) is 13.8. The molecule has 0 bridgehead atoms. The summed E-state index contributed by atoms with van der Waals surface area (Å²) in [6.45, 7) is 7.51. The molecule has 0 aliphatic rings. The van der Waals surface area contributed by atoms with Crippen molar-refractivity contribution >= 4 is 17.9 Å². The second kappa shape index (κ2) is 19.3. The molecule has 0 aromatic rings. The van der Waals surface area contributed by atoms with Crippen molar-refractivity contribution in [3.05, 3.63) is 12.3 Å². The van der Waals surface area contributed by atoms with Crippen LogP contribution in [0.3, 0.4) is 0 Å². The Morgan fingerprint density at radius 2 is 0.914 bits per heavy atom. The fourth-order valence-corrected chi connectivity index (χ4v) is 4.68. The molecule has 0 aromatic carbocycles. The molecular formula is C28H52NO6+. The predicted molar refractivity (Wildman–Crippen MR) is 140 cm³/mol. The van der Waals surface area contributed by atoms with Gasteiger partial charge in [0, 0.05) is 0 Å². The van der Waals surface area contributed by atoms with E-state index in [4.69, 9.17) is 0 Å². The zero-order chi connectivity index (χ0) is 26.7. The SMILES string of the molecule is CCCCCCCCCCCCCC/C=C/[N+](CC(C)C(=O)O)(CC(C)C(=O)O)CC(C)C(=O)O. The Labute approximate surface area is 213 Å². The fourth-order valence-electron chi connectivity index (χ4n) is 4.68. The Kier molecular flexibility index (Phi) is 18.3. The van der Waals surface area contributed by atoms with Gasteiger partial charge in [-0.1, -0.05) is 77.6 Å². The number of carboxylic acid groups (broad SMARTS) is 3. The van der Waals surface area contributed by atoms with E-state index in [1.165, 1.54) is 64.2 Å². The highest BCUT2D eigenvalue weighted by Crippen LogP contribution is 2.22. The van der Waals surface area contributed by atoms with E-state index in [0.29, 0.717) is 0 Å². The molecule has 0 fully saturated rings. The van der Waals surface area contributed by atoms with Gasteiger partial charge in [0.25, 0.3) is 0 Å². The van der Waals surface area contributed by atoms with Crippen LogP contribution in [0.2, 0.25) is 0 Å². The number of aliphatic carboxylic acids is 3. The van der Waals surface area contributed by atoms with Crippen LogP contribution in [-0.2, 0) is 14.4 Å². The summed E-state index contributed by atoms with van der Waals surface area (Å²) >= 11 is 0. The van der Waals surface area contributed by atoms with E-state index in [-0.39, 0.29) is 24.1 Å². The zero-order valence-corrected chi connectivity index (χ0v) is 22.7. The Bertz CT molecular complexity index is 578. The van der Waals surface area contributed by atoms with Crippen LogP contribution < -0.4 is 0 Å². The van der Waals surface area contributed by atoms with Gasteiger partial charge in [-0.3, -0.25) is 18.9 Å². The van der Waals surface area contributed by atoms with Crippen molar-refractivity contribution in [1.82, 2.24) is 0 Å². The van der Waals surface area contributed by atoms with Gasteiger partial charge >= 0.3 is 17.9 Å². The van der Waals surface area contributed by atoms with E-state index in [2.05, 4.69) is 6.92 Å². The molecule has 7 nitrogen and oxygen atoms in total. The van der Waals surface area contributed by atoms with Crippen LogP contribution in [0.4, 0.5) is 0 Å². The second-order valence-corrected chi connectivity index (χ2v) is 10.5. The van der Waals surface area contributed by atoms with E-state index in [0.717, 1.165) is 19.3 Å². The minimum absolute atomic E-state index is 0.0483. The fraction of sp³-hybridized carbons (Fsp3) is 0.821. The van der Waals surface area contributed by atoms with E-state index in [9.17, 15) is 29.7 Å². The number of rotatable bonds is 23. The quantitative estimate of drug-likeness (QED) is 0.108. The van der Waals surface area contributed by atoms with Gasteiger partial charge in [-0.25, -0.2) is 0 Å². The van der Waals surface area contributed by atoms with Crippen LogP contribution in [-0.4, -0.2) is 57.3 Å². The maximum Gasteiger partial charge on any atom is 0.311 e. The number of quaternary nitrogens is 1. The Balaban J connectivity index is 4.77. The first kappa shape index (κ1) is 33.1. The van der Waals surface area contributed by atoms with Gasteiger partial charge in [-0.2, -0.15) is 0 Å². The average Bonchev–Trinajstić information content (AvgIpc) is 2.78. The Morgan fingerprint density at radius 3 is 1.23 bits per heavy atom. The van der Waals surface area contributed by atoms with Crippen molar-refractivity contribution in [1.29, 1.82) is 0 Å². The molecule has 3 atom stereocenters. The average molecular weight is 499 g/mol. The van der Waals surface area contributed by atoms with Gasteiger partial charge in [0.2, 0.25) is 0 Å². The summed E-state index contributed by atoms with van der Waals surface area (Å²) < 4.78 is 0.0483. The van der Waals surface area contributed by atoms with E-state index in [1.807, 2.05) is 12.3 Å². The molecule has 0 aliphatic heterocycles. The molecule has 0 saturated carbocycles. The standard InChI is InChI=1S/C28H51NO6/c1-5-6-7-8-9-10-11-12-13-14-15-16-17-18-19-29(20-23(2)26(30)31,21-24(3)27(32)33)22-25(4)28(34)35/h18-19,23-25H,5-17,20-22H2,1-4H3,(H2-,30,31,32,33,34,35)/p+1/b19-18+. The minimum atomic E-state index is -0.965. The highest BCUT2D eigenvalue weighted by atomic mass is 16.4. The normalized spacial score (nSPS) is 16.0. The predicted octanol–water partition coefficient (Wildman–Crippen LogP) is 6.57. The molecular weight excluding hydrogens is 446 g/mol. The molecule has 3 unspecified atom stereocenters. The van der Waals surface area contributed by atoms with Gasteiger partial charge in [0.05, 0.1) is 25.8 Å². The van der Waals surface area contributed by atoms with Crippen LogP contribution in [0.25, 0.3) is 0 Å². The van der Waals surface area contributed by atoms with E-state index in [1.54, 1.807) is 20.8 Å². The summed E-state index contributed by atoms with van der Waals surface area (Å²) in [5.74, 6) is -5.04. The summed E-state index contributed by atoms with van der Waals surface area (Å²) in [6.07, 6.45) is 20.0. The molecule has 0 radical (unpaired) electrons. The molecule has 35 heavy (non-hydrogen) atoms. The van der Waals surface area contributed by atoms with Gasteiger partial charge in [-0.15, -0.1) is 0 Å². The Morgan fingerprint density at radius 1 is 0.600 bits per heavy atom. The molecule has 0 aliphatic carbocycles. The van der Waals surface area contributed by atoms with Crippen molar-refractivity contribution in [2.24, 2.45) is 17.8 Å².